The summed E-state index contributed by atoms with van der Waals surface area (Å²) >= 11 is 7.29. The highest BCUT2D eigenvalue weighted by Crippen LogP contribution is 2.20. The molecule has 0 bridgehead atoms. The maximum atomic E-state index is 12.0. The van der Waals surface area contributed by atoms with E-state index in [0.29, 0.717) is 5.02 Å². The van der Waals surface area contributed by atoms with E-state index in [1.807, 2.05) is 35.0 Å². The van der Waals surface area contributed by atoms with E-state index in [-0.39, 0.29) is 11.7 Å². The molecule has 0 atom stereocenters. The minimum Gasteiger partial charge on any atom is -0.316 e. The smallest absolute Gasteiger partial charge is 0.250 e. The van der Waals surface area contributed by atoms with Crippen molar-refractivity contribution in [1.82, 2.24) is 9.99 Å². The average Bonchev–Trinajstić information content (AvgIpc) is 3.12. The van der Waals surface area contributed by atoms with Crippen LogP contribution < -0.4 is 5.43 Å². The lowest BCUT2D eigenvalue weighted by molar-refractivity contribution is -0.118. The number of rotatable bonds is 6. The van der Waals surface area contributed by atoms with Gasteiger partial charge in [0.15, 0.2) is 0 Å². The summed E-state index contributed by atoms with van der Waals surface area (Å²) in [6, 6.07) is 17.6. The number of hydrazone groups is 1. The molecule has 2 aromatic carbocycles. The van der Waals surface area contributed by atoms with Crippen molar-refractivity contribution >= 4 is 35.5 Å². The van der Waals surface area contributed by atoms with Crippen LogP contribution in [-0.2, 0) is 4.79 Å². The van der Waals surface area contributed by atoms with E-state index >= 15 is 0 Å². The zero-order valence-electron chi connectivity index (χ0n) is 15.1. The molecule has 138 valence electrons. The van der Waals surface area contributed by atoms with Crippen molar-refractivity contribution in [3.63, 3.8) is 0 Å². The molecule has 0 unspecified atom stereocenters. The molecule has 0 aliphatic rings. The maximum Gasteiger partial charge on any atom is 0.250 e. The third kappa shape index (κ3) is 5.25. The summed E-state index contributed by atoms with van der Waals surface area (Å²) in [6.45, 7) is 4.18. The predicted molar refractivity (Wildman–Crippen MR) is 113 cm³/mol. The second kappa shape index (κ2) is 8.93. The molecule has 0 aliphatic heterocycles. The van der Waals surface area contributed by atoms with Gasteiger partial charge in [0, 0.05) is 21.8 Å². The van der Waals surface area contributed by atoms with E-state index in [9.17, 15) is 4.79 Å². The number of hydrogen-bond donors (Lipinski definition) is 1. The standard InChI is InChI=1S/C21H20ClN3OS/c1-15-5-8-18(12-16(15)2)25-11-3-4-19(25)13-23-24-21(26)14-27-20-9-6-17(22)7-10-20/h3-13H,14H2,1-2H3,(H,24,26)/b23-13-. The van der Waals surface area contributed by atoms with Gasteiger partial charge in [0.25, 0.3) is 0 Å². The molecule has 0 spiro atoms. The summed E-state index contributed by atoms with van der Waals surface area (Å²) in [5.74, 6) is 0.132. The van der Waals surface area contributed by atoms with E-state index in [4.69, 9.17) is 11.6 Å². The zero-order valence-corrected chi connectivity index (χ0v) is 16.7. The van der Waals surface area contributed by atoms with Gasteiger partial charge in [-0.05, 0) is 73.5 Å². The highest BCUT2D eigenvalue weighted by atomic mass is 35.5. The van der Waals surface area contributed by atoms with E-state index in [1.165, 1.54) is 22.9 Å². The first-order chi connectivity index (χ1) is 13.0. The number of nitrogens with one attached hydrogen (secondary N) is 1. The summed E-state index contributed by atoms with van der Waals surface area (Å²) in [7, 11) is 0. The Morgan fingerprint density at radius 2 is 1.93 bits per heavy atom. The Hall–Kier alpha value is -2.50. The fraction of sp³-hybridized carbons (Fsp3) is 0.143. The van der Waals surface area contributed by atoms with Crippen LogP contribution in [0.25, 0.3) is 5.69 Å². The number of hydrogen-bond acceptors (Lipinski definition) is 3. The Morgan fingerprint density at radius 3 is 2.67 bits per heavy atom. The van der Waals surface area contributed by atoms with Crippen molar-refractivity contribution in [2.24, 2.45) is 5.10 Å². The molecule has 1 aromatic heterocycles. The number of carbonyl (C=O) groups is 1. The fourth-order valence-corrected chi connectivity index (χ4v) is 3.31. The molecular formula is C21H20ClN3OS. The average molecular weight is 398 g/mol. The molecule has 0 fully saturated rings. The van der Waals surface area contributed by atoms with Gasteiger partial charge in [0.05, 0.1) is 17.7 Å². The number of halogens is 1. The monoisotopic (exact) mass is 397 g/mol. The summed E-state index contributed by atoms with van der Waals surface area (Å²) in [6.07, 6.45) is 3.63. The van der Waals surface area contributed by atoms with Crippen LogP contribution >= 0.6 is 23.4 Å². The zero-order chi connectivity index (χ0) is 19.2. The molecule has 27 heavy (non-hydrogen) atoms. The first kappa shape index (κ1) is 19.3. The largest absolute Gasteiger partial charge is 0.316 e. The molecule has 4 nitrogen and oxygen atoms in total. The number of aryl methyl sites for hydroxylation is 2. The predicted octanol–water partition coefficient (Wildman–Crippen LogP) is 4.99. The first-order valence-electron chi connectivity index (χ1n) is 8.48. The van der Waals surface area contributed by atoms with Crippen LogP contribution in [0.3, 0.4) is 0 Å². The SMILES string of the molecule is Cc1ccc(-n2cccc2/C=N\NC(=O)CSc2ccc(Cl)cc2)cc1C. The van der Waals surface area contributed by atoms with Gasteiger partial charge in [0.2, 0.25) is 5.91 Å². The van der Waals surface area contributed by atoms with Gasteiger partial charge in [-0.25, -0.2) is 5.43 Å². The lowest BCUT2D eigenvalue weighted by Crippen LogP contribution is -2.19. The van der Waals surface area contributed by atoms with E-state index in [2.05, 4.69) is 42.6 Å². The molecule has 0 radical (unpaired) electrons. The number of benzene rings is 2. The van der Waals surface area contributed by atoms with Gasteiger partial charge in [-0.2, -0.15) is 5.10 Å². The first-order valence-corrected chi connectivity index (χ1v) is 9.84. The van der Waals surface area contributed by atoms with Crippen LogP contribution in [0.4, 0.5) is 0 Å². The van der Waals surface area contributed by atoms with Crippen LogP contribution in [0.5, 0.6) is 0 Å². The van der Waals surface area contributed by atoms with E-state index in [1.54, 1.807) is 18.3 Å². The quantitative estimate of drug-likeness (QED) is 0.362. The van der Waals surface area contributed by atoms with Crippen molar-refractivity contribution in [3.8, 4) is 5.69 Å². The van der Waals surface area contributed by atoms with Crippen molar-refractivity contribution in [1.29, 1.82) is 0 Å². The number of carbonyl (C=O) groups excluding carboxylic acids is 1. The second-order valence-electron chi connectivity index (χ2n) is 6.11. The van der Waals surface area contributed by atoms with Crippen molar-refractivity contribution in [2.75, 3.05) is 5.75 Å². The minimum atomic E-state index is -0.157. The van der Waals surface area contributed by atoms with Gasteiger partial charge in [0.1, 0.15) is 0 Å². The molecule has 3 rings (SSSR count). The Bertz CT molecular complexity index is 964. The van der Waals surface area contributed by atoms with E-state index in [0.717, 1.165) is 16.3 Å². The van der Waals surface area contributed by atoms with Crippen LogP contribution in [0.2, 0.25) is 5.02 Å². The summed E-state index contributed by atoms with van der Waals surface area (Å²) < 4.78 is 2.03. The van der Waals surface area contributed by atoms with Gasteiger partial charge < -0.3 is 4.57 Å². The molecule has 0 aliphatic carbocycles. The van der Waals surface area contributed by atoms with Crippen molar-refractivity contribution in [2.45, 2.75) is 18.7 Å². The highest BCUT2D eigenvalue weighted by molar-refractivity contribution is 8.00. The third-order valence-electron chi connectivity index (χ3n) is 4.12. The maximum absolute atomic E-state index is 12.0. The third-order valence-corrected chi connectivity index (χ3v) is 5.38. The summed E-state index contributed by atoms with van der Waals surface area (Å²) in [4.78, 5) is 13.0. The van der Waals surface area contributed by atoms with Gasteiger partial charge in [-0.1, -0.05) is 17.7 Å². The number of nitrogens with zero attached hydrogens (tertiary/aromatic N) is 2. The van der Waals surface area contributed by atoms with Gasteiger partial charge in [-0.15, -0.1) is 11.8 Å². The Labute approximate surface area is 168 Å². The lowest BCUT2D eigenvalue weighted by Gasteiger charge is -2.09. The van der Waals surface area contributed by atoms with Gasteiger partial charge in [-0.3, -0.25) is 4.79 Å². The fourth-order valence-electron chi connectivity index (χ4n) is 2.49. The van der Waals surface area contributed by atoms with Crippen molar-refractivity contribution < 1.29 is 4.79 Å². The normalized spacial score (nSPS) is 11.1. The van der Waals surface area contributed by atoms with Gasteiger partial charge >= 0.3 is 0 Å². The summed E-state index contributed by atoms with van der Waals surface area (Å²) in [5, 5.41) is 4.77. The van der Waals surface area contributed by atoms with E-state index < -0.39 is 0 Å². The molecule has 0 saturated carbocycles. The number of thioether (sulfide) groups is 1. The number of amides is 1. The van der Waals surface area contributed by atoms with Crippen LogP contribution in [0, 0.1) is 13.8 Å². The lowest BCUT2D eigenvalue weighted by atomic mass is 10.1. The minimum absolute atomic E-state index is 0.157. The van der Waals surface area contributed by atoms with Crippen LogP contribution in [0.1, 0.15) is 16.8 Å². The topological polar surface area (TPSA) is 46.4 Å². The number of aromatic nitrogens is 1. The molecule has 3 aromatic rings. The second-order valence-corrected chi connectivity index (χ2v) is 7.59. The Balaban J connectivity index is 1.58. The molecular weight excluding hydrogens is 378 g/mol. The van der Waals surface area contributed by atoms with Crippen molar-refractivity contribution in [3.05, 3.63) is 82.6 Å². The Kier molecular flexibility index (Phi) is 6.37. The Morgan fingerprint density at radius 1 is 1.15 bits per heavy atom. The molecule has 6 heteroatoms. The van der Waals surface area contributed by atoms with Crippen LogP contribution in [-0.4, -0.2) is 22.4 Å². The molecule has 1 heterocycles. The highest BCUT2D eigenvalue weighted by Gasteiger charge is 2.04. The summed E-state index contributed by atoms with van der Waals surface area (Å²) in [5.41, 5.74) is 7.02. The molecule has 0 saturated heterocycles. The molecule has 1 amide bonds. The molecule has 1 N–H and O–H groups in total. The van der Waals surface area contributed by atoms with Crippen LogP contribution in [0.15, 0.2) is 70.8 Å².